The molecule has 0 bridgehead atoms. The van der Waals surface area contributed by atoms with E-state index in [9.17, 15) is 19.0 Å². The van der Waals surface area contributed by atoms with Crippen LogP contribution in [0.5, 0.6) is 0 Å². The molecule has 0 spiro atoms. The Labute approximate surface area is 596 Å². The smallest absolute Gasteiger partial charge is 0.462 e. The maximum atomic E-state index is 12.8. The molecule has 0 aromatic rings. The molecule has 0 radical (unpaired) electrons. The standard InChI is InChI=1S/C87H144NO8P/c1-3-5-7-9-11-13-15-17-19-21-23-25-27-29-31-33-35-37-39-40-41-42-43-44-46-47-49-51-53-55-57-59-61-63-65-67-69-71-73-75-77-79-86(89)93-83-85(84-95-97(91,92)94-82-81-88)96-87(90)80-78-76-74-72-70-68-66-64-62-60-58-56-54-52-50-48-45-38-36-34-32-30-28-26-24-22-20-18-16-14-12-10-8-6-4-2/h5-8,11-14,17-20,23-26,29-32,35-38,48,50,54,56,60,62,85H,3-4,9-10,15-16,21-22,27-28,33-34,39-47,49,51-53,55,57-59,61,63-84,88H2,1-2H3,(H,91,92)/b7-5-,8-6-,13-11-,14-12-,19-17-,20-18-,25-23-,26-24-,31-29-,32-30-,37-35-,38-36-,50-48-,56-54-,62-60-. The van der Waals surface area contributed by atoms with Crippen molar-refractivity contribution in [1.82, 2.24) is 0 Å². The van der Waals surface area contributed by atoms with Crippen LogP contribution in [0.3, 0.4) is 0 Å². The van der Waals surface area contributed by atoms with Crippen LogP contribution in [0.1, 0.15) is 322 Å². The van der Waals surface area contributed by atoms with Crippen molar-refractivity contribution < 1.29 is 37.6 Å². The van der Waals surface area contributed by atoms with Crippen LogP contribution in [0.4, 0.5) is 0 Å². The number of phosphoric acid groups is 1. The predicted molar refractivity (Wildman–Crippen MR) is 422 cm³/mol. The monoisotopic (exact) mass is 1360 g/mol. The lowest BCUT2D eigenvalue weighted by Crippen LogP contribution is -2.29. The maximum Gasteiger partial charge on any atom is 0.472 e. The Kier molecular flexibility index (Phi) is 76.1. The van der Waals surface area contributed by atoms with E-state index in [2.05, 4.69) is 196 Å². The minimum atomic E-state index is -4.41. The van der Waals surface area contributed by atoms with Crippen LogP contribution in [0, 0.1) is 0 Å². The molecular formula is C87H144NO8P. The molecule has 0 aliphatic carbocycles. The maximum absolute atomic E-state index is 12.8. The summed E-state index contributed by atoms with van der Waals surface area (Å²) < 4.78 is 33.2. The molecular weight excluding hydrogens is 1220 g/mol. The summed E-state index contributed by atoms with van der Waals surface area (Å²) >= 11 is 0. The van der Waals surface area contributed by atoms with Crippen LogP contribution in [-0.4, -0.2) is 49.3 Å². The van der Waals surface area contributed by atoms with Gasteiger partial charge in [-0.15, -0.1) is 0 Å². The summed E-state index contributed by atoms with van der Waals surface area (Å²) in [5.41, 5.74) is 5.41. The number of esters is 2. The number of ether oxygens (including phenoxy) is 2. The molecule has 2 unspecified atom stereocenters. The number of allylic oxidation sites excluding steroid dienone is 30. The van der Waals surface area contributed by atoms with Gasteiger partial charge in [0.25, 0.3) is 0 Å². The summed E-state index contributed by atoms with van der Waals surface area (Å²) in [6.07, 6.45) is 120. The molecule has 0 rings (SSSR count). The van der Waals surface area contributed by atoms with Gasteiger partial charge in [-0.05, 0) is 135 Å². The molecule has 0 saturated carbocycles. The summed E-state index contributed by atoms with van der Waals surface area (Å²) in [4.78, 5) is 35.5. The second kappa shape index (κ2) is 80.1. The second-order valence-corrected chi connectivity index (χ2v) is 26.9. The SMILES string of the molecule is CC/C=C\C/C=C\C/C=C\C/C=C\C/C=C\C/C=C\C/C=C\C/C=C\C/C=C\CCCCCCCCCC(=O)OC(COC(=O)CCCCCCCCCCCCCCCCCCCCCCCC/C=C\C/C=C\C/C=C\C/C=C\C/C=C\C/C=C\CC)COP(=O)(O)OCCN. The van der Waals surface area contributed by atoms with Crippen molar-refractivity contribution in [2.24, 2.45) is 5.73 Å². The van der Waals surface area contributed by atoms with Crippen molar-refractivity contribution >= 4 is 19.8 Å². The fraction of sp³-hybridized carbons (Fsp3) is 0.632. The molecule has 97 heavy (non-hydrogen) atoms. The van der Waals surface area contributed by atoms with Gasteiger partial charge in [0.05, 0.1) is 13.2 Å². The number of carbonyl (C=O) groups is 2. The Morgan fingerprint density at radius 1 is 0.309 bits per heavy atom. The minimum absolute atomic E-state index is 0.0446. The highest BCUT2D eigenvalue weighted by atomic mass is 31.2. The lowest BCUT2D eigenvalue weighted by atomic mass is 10.0. The summed E-state index contributed by atoms with van der Waals surface area (Å²) in [5, 5.41) is 0. The van der Waals surface area contributed by atoms with E-state index in [4.69, 9.17) is 24.3 Å². The molecule has 2 atom stereocenters. The van der Waals surface area contributed by atoms with E-state index >= 15 is 0 Å². The average Bonchev–Trinajstić information content (AvgIpc) is 2.69. The molecule has 0 aliphatic heterocycles. The van der Waals surface area contributed by atoms with Gasteiger partial charge in [0.2, 0.25) is 0 Å². The fourth-order valence-corrected chi connectivity index (χ4v) is 11.3. The molecule has 9 nitrogen and oxygen atoms in total. The Hall–Kier alpha value is -4.89. The van der Waals surface area contributed by atoms with Gasteiger partial charge < -0.3 is 20.1 Å². The number of hydrogen-bond acceptors (Lipinski definition) is 8. The van der Waals surface area contributed by atoms with Crippen LogP contribution in [-0.2, 0) is 32.7 Å². The van der Waals surface area contributed by atoms with E-state index in [1.807, 2.05) is 0 Å². The quantitative estimate of drug-likeness (QED) is 0.0264. The van der Waals surface area contributed by atoms with Crippen LogP contribution in [0.15, 0.2) is 182 Å². The van der Waals surface area contributed by atoms with E-state index < -0.39 is 26.5 Å². The molecule has 0 saturated heterocycles. The van der Waals surface area contributed by atoms with Gasteiger partial charge in [-0.2, -0.15) is 0 Å². The van der Waals surface area contributed by atoms with Crippen molar-refractivity contribution in [1.29, 1.82) is 0 Å². The van der Waals surface area contributed by atoms with Gasteiger partial charge in [0, 0.05) is 19.4 Å². The first-order valence-electron chi connectivity index (χ1n) is 39.3. The Bertz CT molecular complexity index is 2250. The first-order valence-corrected chi connectivity index (χ1v) is 40.8. The molecule has 0 amide bonds. The minimum Gasteiger partial charge on any atom is -0.462 e. The van der Waals surface area contributed by atoms with Crippen LogP contribution >= 0.6 is 7.82 Å². The third-order valence-electron chi connectivity index (χ3n) is 16.3. The third kappa shape index (κ3) is 80.0. The highest BCUT2D eigenvalue weighted by molar-refractivity contribution is 7.47. The van der Waals surface area contributed by atoms with Crippen LogP contribution < -0.4 is 5.73 Å². The molecule has 0 heterocycles. The first kappa shape index (κ1) is 92.1. The first-order chi connectivity index (χ1) is 47.8. The Morgan fingerprint density at radius 2 is 0.536 bits per heavy atom. The largest absolute Gasteiger partial charge is 0.472 e. The fourth-order valence-electron chi connectivity index (χ4n) is 10.6. The zero-order valence-electron chi connectivity index (χ0n) is 62.0. The molecule has 0 aliphatic rings. The van der Waals surface area contributed by atoms with E-state index in [1.54, 1.807) is 0 Å². The summed E-state index contributed by atoms with van der Waals surface area (Å²) in [7, 11) is -4.41. The van der Waals surface area contributed by atoms with Gasteiger partial charge in [0.15, 0.2) is 6.10 Å². The van der Waals surface area contributed by atoms with Gasteiger partial charge in [-0.3, -0.25) is 18.6 Å². The molecule has 3 N–H and O–H groups in total. The highest BCUT2D eigenvalue weighted by Crippen LogP contribution is 2.43. The van der Waals surface area contributed by atoms with E-state index in [-0.39, 0.29) is 38.6 Å². The number of unbranched alkanes of at least 4 members (excludes halogenated alkanes) is 29. The highest BCUT2D eigenvalue weighted by Gasteiger charge is 2.26. The lowest BCUT2D eigenvalue weighted by molar-refractivity contribution is -0.161. The second-order valence-electron chi connectivity index (χ2n) is 25.5. The molecule has 0 fully saturated rings. The zero-order chi connectivity index (χ0) is 70.0. The van der Waals surface area contributed by atoms with Crippen molar-refractivity contribution in [3.05, 3.63) is 182 Å². The van der Waals surface area contributed by atoms with Crippen molar-refractivity contribution in [2.45, 2.75) is 328 Å². The van der Waals surface area contributed by atoms with Crippen LogP contribution in [0.25, 0.3) is 0 Å². The van der Waals surface area contributed by atoms with E-state index in [0.717, 1.165) is 148 Å². The number of rotatable bonds is 72. The molecule has 0 aromatic heterocycles. The molecule has 0 aromatic carbocycles. The lowest BCUT2D eigenvalue weighted by Gasteiger charge is -2.19. The van der Waals surface area contributed by atoms with Gasteiger partial charge in [-0.1, -0.05) is 357 Å². The van der Waals surface area contributed by atoms with E-state index in [1.165, 1.54) is 141 Å². The van der Waals surface area contributed by atoms with Gasteiger partial charge in [0.1, 0.15) is 6.61 Å². The summed E-state index contributed by atoms with van der Waals surface area (Å²) in [6.45, 7) is 3.51. The predicted octanol–water partition coefficient (Wildman–Crippen LogP) is 26.6. The van der Waals surface area contributed by atoms with Gasteiger partial charge >= 0.3 is 19.8 Å². The van der Waals surface area contributed by atoms with Gasteiger partial charge in [-0.25, -0.2) is 4.57 Å². The van der Waals surface area contributed by atoms with Crippen molar-refractivity contribution in [3.63, 3.8) is 0 Å². The number of nitrogens with two attached hydrogens (primary N) is 1. The Morgan fingerprint density at radius 3 is 0.794 bits per heavy atom. The summed E-state index contributed by atoms with van der Waals surface area (Å²) in [5.74, 6) is -0.840. The third-order valence-corrected chi connectivity index (χ3v) is 17.3. The zero-order valence-corrected chi connectivity index (χ0v) is 62.9. The summed E-state index contributed by atoms with van der Waals surface area (Å²) in [6, 6.07) is 0. The number of phosphoric ester groups is 1. The Balaban J connectivity index is 3.88. The van der Waals surface area contributed by atoms with Crippen molar-refractivity contribution in [3.8, 4) is 0 Å². The molecule has 550 valence electrons. The average molecular weight is 1360 g/mol. The molecule has 10 heteroatoms. The van der Waals surface area contributed by atoms with Crippen LogP contribution in [0.2, 0.25) is 0 Å². The number of hydrogen-bond donors (Lipinski definition) is 2. The van der Waals surface area contributed by atoms with E-state index in [0.29, 0.717) is 6.42 Å². The normalized spacial score (nSPS) is 13.9. The topological polar surface area (TPSA) is 134 Å². The number of carbonyl (C=O) groups excluding carboxylic acids is 2. The van der Waals surface area contributed by atoms with Crippen molar-refractivity contribution in [2.75, 3.05) is 26.4 Å².